The number of likely N-dealkylation sites (tertiary alicyclic amines) is 1. The standard InChI is InChI=1S/C18H21N3O3S/c22-16(21-9-1-5-18(12-21)6-10-23-13-18)15-4-3-14(24-15)11-25-17-19-7-2-8-20-17/h2-4,7-8H,1,5-6,9-13H2/t18-/m1/s1. The van der Waals surface area contributed by atoms with Crippen LogP contribution in [0.5, 0.6) is 0 Å². The Bertz CT molecular complexity index is 728. The average Bonchev–Trinajstić information content (AvgIpc) is 3.30. The van der Waals surface area contributed by atoms with E-state index in [2.05, 4.69) is 9.97 Å². The highest BCUT2D eigenvalue weighted by Gasteiger charge is 2.40. The monoisotopic (exact) mass is 359 g/mol. The number of furan rings is 1. The summed E-state index contributed by atoms with van der Waals surface area (Å²) in [6.07, 6.45) is 6.66. The third-order valence-electron chi connectivity index (χ3n) is 4.89. The molecule has 2 aromatic heterocycles. The fraction of sp³-hybridized carbons (Fsp3) is 0.500. The molecule has 0 bridgehead atoms. The Balaban J connectivity index is 1.38. The van der Waals surface area contributed by atoms with E-state index in [0.717, 1.165) is 51.3 Å². The molecule has 132 valence electrons. The summed E-state index contributed by atoms with van der Waals surface area (Å²) in [5.74, 6) is 1.77. The van der Waals surface area contributed by atoms with Crippen LogP contribution in [0.15, 0.2) is 40.2 Å². The maximum Gasteiger partial charge on any atom is 0.289 e. The van der Waals surface area contributed by atoms with Crippen LogP contribution in [0, 0.1) is 5.41 Å². The van der Waals surface area contributed by atoms with Crippen molar-refractivity contribution in [2.45, 2.75) is 30.2 Å². The normalized spacial score (nSPS) is 23.3. The molecule has 2 aliphatic rings. The third kappa shape index (κ3) is 3.72. The van der Waals surface area contributed by atoms with Crippen molar-refractivity contribution in [2.24, 2.45) is 5.41 Å². The fourth-order valence-corrected chi connectivity index (χ4v) is 4.27. The molecule has 6 nitrogen and oxygen atoms in total. The van der Waals surface area contributed by atoms with Crippen LogP contribution in [-0.2, 0) is 10.5 Å². The number of piperidine rings is 1. The Kier molecular flexibility index (Phi) is 4.76. The number of nitrogens with zero attached hydrogens (tertiary/aromatic N) is 3. The third-order valence-corrected chi connectivity index (χ3v) is 5.79. The summed E-state index contributed by atoms with van der Waals surface area (Å²) in [6, 6.07) is 5.42. The van der Waals surface area contributed by atoms with Crippen molar-refractivity contribution >= 4 is 17.7 Å². The topological polar surface area (TPSA) is 68.5 Å². The zero-order valence-corrected chi connectivity index (χ0v) is 14.8. The van der Waals surface area contributed by atoms with E-state index in [0.29, 0.717) is 16.7 Å². The van der Waals surface area contributed by atoms with Gasteiger partial charge in [0.05, 0.1) is 12.4 Å². The Morgan fingerprint density at radius 3 is 2.96 bits per heavy atom. The largest absolute Gasteiger partial charge is 0.455 e. The molecule has 25 heavy (non-hydrogen) atoms. The van der Waals surface area contributed by atoms with Crippen LogP contribution in [0.2, 0.25) is 0 Å². The van der Waals surface area contributed by atoms with Gasteiger partial charge >= 0.3 is 0 Å². The first-order chi connectivity index (χ1) is 12.2. The highest BCUT2D eigenvalue weighted by atomic mass is 32.2. The number of amides is 1. The first kappa shape index (κ1) is 16.6. The molecule has 0 saturated carbocycles. The lowest BCUT2D eigenvalue weighted by Crippen LogP contribution is -2.46. The number of rotatable bonds is 4. The molecular formula is C18H21N3O3S. The molecule has 2 aromatic rings. The van der Waals surface area contributed by atoms with Crippen LogP contribution >= 0.6 is 11.8 Å². The van der Waals surface area contributed by atoms with Gasteiger partial charge in [-0.05, 0) is 37.5 Å². The van der Waals surface area contributed by atoms with Crippen LogP contribution in [0.4, 0.5) is 0 Å². The molecule has 2 saturated heterocycles. The van der Waals surface area contributed by atoms with Gasteiger partial charge in [0.2, 0.25) is 0 Å². The van der Waals surface area contributed by atoms with Gasteiger partial charge in [-0.15, -0.1) is 0 Å². The van der Waals surface area contributed by atoms with E-state index in [4.69, 9.17) is 9.15 Å². The molecule has 1 amide bonds. The Hall–Kier alpha value is -1.86. The SMILES string of the molecule is O=C(c1ccc(CSc2ncccn2)o1)N1CCC[C@@]2(CCOC2)C1. The quantitative estimate of drug-likeness (QED) is 0.617. The highest BCUT2D eigenvalue weighted by Crippen LogP contribution is 2.38. The lowest BCUT2D eigenvalue weighted by molar-refractivity contribution is 0.0436. The van der Waals surface area contributed by atoms with Gasteiger partial charge in [0.1, 0.15) is 5.76 Å². The summed E-state index contributed by atoms with van der Waals surface area (Å²) in [5, 5.41) is 0.700. The van der Waals surface area contributed by atoms with E-state index in [1.54, 1.807) is 24.5 Å². The lowest BCUT2D eigenvalue weighted by atomic mass is 9.79. The molecule has 0 aromatic carbocycles. The van der Waals surface area contributed by atoms with E-state index < -0.39 is 0 Å². The lowest BCUT2D eigenvalue weighted by Gasteiger charge is -2.39. The summed E-state index contributed by atoms with van der Waals surface area (Å²) < 4.78 is 11.3. The minimum absolute atomic E-state index is 0.0156. The van der Waals surface area contributed by atoms with Crippen LogP contribution < -0.4 is 0 Å². The summed E-state index contributed by atoms with van der Waals surface area (Å²) in [4.78, 5) is 23.1. The molecule has 7 heteroatoms. The second-order valence-corrected chi connectivity index (χ2v) is 7.66. The van der Waals surface area contributed by atoms with Crippen LogP contribution in [0.1, 0.15) is 35.6 Å². The van der Waals surface area contributed by atoms with E-state index in [1.165, 1.54) is 11.8 Å². The predicted octanol–water partition coefficient (Wildman–Crippen LogP) is 3.00. The average molecular weight is 359 g/mol. The molecule has 4 rings (SSSR count). The minimum Gasteiger partial charge on any atom is -0.455 e. The van der Waals surface area contributed by atoms with E-state index in [-0.39, 0.29) is 11.3 Å². The zero-order valence-electron chi connectivity index (χ0n) is 14.0. The number of carbonyl (C=O) groups excluding carboxylic acids is 1. The molecule has 0 unspecified atom stereocenters. The summed E-state index contributed by atoms with van der Waals surface area (Å²) in [7, 11) is 0. The fourth-order valence-electron chi connectivity index (χ4n) is 3.57. The van der Waals surface area contributed by atoms with Crippen molar-refractivity contribution in [1.82, 2.24) is 14.9 Å². The maximum atomic E-state index is 12.8. The van der Waals surface area contributed by atoms with Crippen molar-refractivity contribution in [3.63, 3.8) is 0 Å². The van der Waals surface area contributed by atoms with Gasteiger partial charge in [-0.2, -0.15) is 0 Å². The molecule has 4 heterocycles. The van der Waals surface area contributed by atoms with Gasteiger partial charge in [-0.3, -0.25) is 4.79 Å². The van der Waals surface area contributed by atoms with Crippen molar-refractivity contribution in [3.8, 4) is 0 Å². The molecule has 0 N–H and O–H groups in total. The van der Waals surface area contributed by atoms with Gasteiger partial charge < -0.3 is 14.1 Å². The first-order valence-corrected chi connectivity index (χ1v) is 9.58. The van der Waals surface area contributed by atoms with Crippen LogP contribution in [-0.4, -0.2) is 47.1 Å². The number of thioether (sulfide) groups is 1. The second kappa shape index (κ2) is 7.17. The Morgan fingerprint density at radius 1 is 1.28 bits per heavy atom. The first-order valence-electron chi connectivity index (χ1n) is 8.60. The van der Waals surface area contributed by atoms with Crippen molar-refractivity contribution < 1.29 is 13.9 Å². The zero-order chi connectivity index (χ0) is 17.1. The number of hydrogen-bond donors (Lipinski definition) is 0. The molecule has 2 aliphatic heterocycles. The summed E-state index contributed by atoms with van der Waals surface area (Å²) >= 11 is 1.49. The summed E-state index contributed by atoms with van der Waals surface area (Å²) in [6.45, 7) is 3.15. The molecule has 1 atom stereocenters. The van der Waals surface area contributed by atoms with Crippen LogP contribution in [0.25, 0.3) is 0 Å². The van der Waals surface area contributed by atoms with Gasteiger partial charge in [0.15, 0.2) is 10.9 Å². The Morgan fingerprint density at radius 2 is 2.16 bits per heavy atom. The maximum absolute atomic E-state index is 12.8. The highest BCUT2D eigenvalue weighted by molar-refractivity contribution is 7.98. The van der Waals surface area contributed by atoms with E-state index in [1.807, 2.05) is 11.0 Å². The van der Waals surface area contributed by atoms with Crippen LogP contribution in [0.3, 0.4) is 0 Å². The van der Waals surface area contributed by atoms with Gasteiger partial charge in [0, 0.05) is 37.5 Å². The molecular weight excluding hydrogens is 338 g/mol. The molecule has 0 aliphatic carbocycles. The van der Waals surface area contributed by atoms with Crippen molar-refractivity contribution in [1.29, 1.82) is 0 Å². The van der Waals surface area contributed by atoms with Crippen molar-refractivity contribution in [3.05, 3.63) is 42.1 Å². The summed E-state index contributed by atoms with van der Waals surface area (Å²) in [5.41, 5.74) is 0.157. The van der Waals surface area contributed by atoms with Gasteiger partial charge in [-0.25, -0.2) is 9.97 Å². The second-order valence-electron chi connectivity index (χ2n) is 6.72. The molecule has 2 fully saturated rings. The Labute approximate surface area is 151 Å². The van der Waals surface area contributed by atoms with E-state index in [9.17, 15) is 4.79 Å². The predicted molar refractivity (Wildman–Crippen MR) is 93.3 cm³/mol. The smallest absolute Gasteiger partial charge is 0.289 e. The van der Waals surface area contributed by atoms with Crippen molar-refractivity contribution in [2.75, 3.05) is 26.3 Å². The van der Waals surface area contributed by atoms with E-state index >= 15 is 0 Å². The number of ether oxygens (including phenoxy) is 1. The number of carbonyl (C=O) groups is 1. The molecule has 0 radical (unpaired) electrons. The minimum atomic E-state index is -0.0156. The molecule has 1 spiro atoms. The number of hydrogen-bond acceptors (Lipinski definition) is 6. The number of aromatic nitrogens is 2. The van der Waals surface area contributed by atoms with Gasteiger partial charge in [0.25, 0.3) is 5.91 Å². The van der Waals surface area contributed by atoms with Gasteiger partial charge in [-0.1, -0.05) is 11.8 Å².